The summed E-state index contributed by atoms with van der Waals surface area (Å²) in [5.74, 6) is 0. The molecule has 2 heterocycles. The molecule has 10 aromatic rings. The summed E-state index contributed by atoms with van der Waals surface area (Å²) < 4.78 is 9.19. The lowest BCUT2D eigenvalue weighted by molar-refractivity contribution is 0.673. The molecule has 1 nitrogen and oxygen atoms in total. The fourth-order valence-electron chi connectivity index (χ4n) is 7.78. The molecule has 2 heteroatoms. The highest BCUT2D eigenvalue weighted by Gasteiger charge is 2.21. The summed E-state index contributed by atoms with van der Waals surface area (Å²) >= 11 is 1.87. The van der Waals surface area contributed by atoms with Gasteiger partial charge in [-0.2, -0.15) is 0 Å². The van der Waals surface area contributed by atoms with Gasteiger partial charge in [-0.15, -0.1) is 11.3 Å². The predicted molar refractivity (Wildman–Crippen MR) is 209 cm³/mol. The minimum Gasteiger partial charge on any atom is -0.455 e. The number of allylic oxidation sites excluding steroid dienone is 2. The van der Waals surface area contributed by atoms with Crippen LogP contribution in [0.15, 0.2) is 163 Å². The van der Waals surface area contributed by atoms with Crippen LogP contribution in [0.1, 0.15) is 5.56 Å². The van der Waals surface area contributed by atoms with Crippen molar-refractivity contribution in [3.05, 3.63) is 164 Å². The lowest BCUT2D eigenvalue weighted by Crippen LogP contribution is -1.91. The van der Waals surface area contributed by atoms with Crippen LogP contribution in [-0.2, 0) is 0 Å². The molecule has 0 aliphatic carbocycles. The molecule has 0 saturated heterocycles. The van der Waals surface area contributed by atoms with Gasteiger partial charge in [0, 0.05) is 36.3 Å². The highest BCUT2D eigenvalue weighted by Crippen LogP contribution is 2.49. The van der Waals surface area contributed by atoms with E-state index in [0.717, 1.165) is 16.7 Å². The van der Waals surface area contributed by atoms with Crippen LogP contribution in [0.2, 0.25) is 0 Å². The maximum Gasteiger partial charge on any atom is 0.145 e. The Labute approximate surface area is 281 Å². The smallest absolute Gasteiger partial charge is 0.145 e. The van der Waals surface area contributed by atoms with Gasteiger partial charge in [0.25, 0.3) is 0 Å². The highest BCUT2D eigenvalue weighted by atomic mass is 32.1. The molecule has 0 fully saturated rings. The number of benzene rings is 8. The number of furan rings is 1. The molecule has 10 rings (SSSR count). The molecule has 0 aliphatic rings. The van der Waals surface area contributed by atoms with E-state index in [-0.39, 0.29) is 0 Å². The summed E-state index contributed by atoms with van der Waals surface area (Å²) in [6.07, 6.45) is 5.92. The third-order valence-electron chi connectivity index (χ3n) is 9.77. The second-order valence-corrected chi connectivity index (χ2v) is 13.5. The molecule has 0 saturated carbocycles. The Bertz CT molecular complexity index is 2910. The molecule has 0 unspecified atom stereocenters. The number of rotatable bonds is 4. The SMILES string of the molecule is C=C/C=C\c1cccc(-c2c3ccccc3c(-c3ccc4c(c3)sc3c5ccccc5c5c6ccccc6oc5c43)c3ccccc23)c1. The topological polar surface area (TPSA) is 13.1 Å². The lowest BCUT2D eigenvalue weighted by atomic mass is 9.85. The summed E-state index contributed by atoms with van der Waals surface area (Å²) in [5, 5.41) is 12.4. The molecule has 2 aromatic heterocycles. The van der Waals surface area contributed by atoms with E-state index in [4.69, 9.17) is 4.42 Å². The van der Waals surface area contributed by atoms with Crippen molar-refractivity contribution in [1.29, 1.82) is 0 Å². The number of thiophene rings is 1. The molecule has 8 aromatic carbocycles. The molecule has 0 spiro atoms. The maximum absolute atomic E-state index is 6.65. The molecule has 224 valence electrons. The van der Waals surface area contributed by atoms with Crippen molar-refractivity contribution in [2.45, 2.75) is 0 Å². The molecule has 0 bridgehead atoms. The van der Waals surface area contributed by atoms with Gasteiger partial charge in [0.05, 0.1) is 0 Å². The van der Waals surface area contributed by atoms with E-state index < -0.39 is 0 Å². The molecule has 0 aliphatic heterocycles. The van der Waals surface area contributed by atoms with Crippen LogP contribution in [0.4, 0.5) is 0 Å². The normalized spacial score (nSPS) is 12.2. The van der Waals surface area contributed by atoms with E-state index >= 15 is 0 Å². The molecule has 0 amide bonds. The number of para-hydroxylation sites is 1. The van der Waals surface area contributed by atoms with Gasteiger partial charge in [-0.1, -0.05) is 146 Å². The maximum atomic E-state index is 6.65. The van der Waals surface area contributed by atoms with Crippen molar-refractivity contribution in [2.24, 2.45) is 0 Å². The fraction of sp³-hybridized carbons (Fsp3) is 0. The van der Waals surface area contributed by atoms with Crippen molar-refractivity contribution in [2.75, 3.05) is 0 Å². The first-order valence-electron chi connectivity index (χ1n) is 16.3. The van der Waals surface area contributed by atoms with E-state index in [2.05, 4.69) is 152 Å². The van der Waals surface area contributed by atoms with E-state index in [1.807, 2.05) is 23.5 Å². The summed E-state index contributed by atoms with van der Waals surface area (Å²) in [6, 6.07) is 50.8. The van der Waals surface area contributed by atoms with Crippen LogP contribution in [0.25, 0.3) is 103 Å². The Balaban J connectivity index is 1.28. The number of fused-ring (bicyclic) bond motifs is 12. The molecule has 48 heavy (non-hydrogen) atoms. The fourth-order valence-corrected chi connectivity index (χ4v) is 9.06. The zero-order valence-corrected chi connectivity index (χ0v) is 26.9. The van der Waals surface area contributed by atoms with Gasteiger partial charge in [-0.05, 0) is 72.9 Å². The van der Waals surface area contributed by atoms with Gasteiger partial charge in [0.15, 0.2) is 0 Å². The van der Waals surface area contributed by atoms with E-state index in [1.54, 1.807) is 0 Å². The third kappa shape index (κ3) is 3.90. The first kappa shape index (κ1) is 27.2. The predicted octanol–water partition coefficient (Wildman–Crippen LogP) is 13.9. The van der Waals surface area contributed by atoms with Crippen molar-refractivity contribution in [3.8, 4) is 22.3 Å². The third-order valence-corrected chi connectivity index (χ3v) is 11.0. The van der Waals surface area contributed by atoms with Gasteiger partial charge >= 0.3 is 0 Å². The quantitative estimate of drug-likeness (QED) is 0.140. The van der Waals surface area contributed by atoms with E-state index in [0.29, 0.717) is 0 Å². The highest BCUT2D eigenvalue weighted by molar-refractivity contribution is 7.27. The molecular formula is C46H28OS. The summed E-state index contributed by atoms with van der Waals surface area (Å²) in [4.78, 5) is 0. The van der Waals surface area contributed by atoms with Crippen LogP contribution in [0.3, 0.4) is 0 Å². The van der Waals surface area contributed by atoms with Gasteiger partial charge in [-0.25, -0.2) is 0 Å². The van der Waals surface area contributed by atoms with Gasteiger partial charge in [-0.3, -0.25) is 0 Å². The Morgan fingerprint density at radius 1 is 0.500 bits per heavy atom. The van der Waals surface area contributed by atoms with Gasteiger partial charge < -0.3 is 4.42 Å². The zero-order chi connectivity index (χ0) is 31.8. The Morgan fingerprint density at radius 3 is 1.79 bits per heavy atom. The second kappa shape index (κ2) is 10.5. The molecule has 0 atom stereocenters. The zero-order valence-electron chi connectivity index (χ0n) is 26.0. The second-order valence-electron chi connectivity index (χ2n) is 12.4. The van der Waals surface area contributed by atoms with E-state index in [9.17, 15) is 0 Å². The minimum absolute atomic E-state index is 0.932. The summed E-state index contributed by atoms with van der Waals surface area (Å²) in [7, 11) is 0. The average molecular weight is 629 g/mol. The first-order valence-corrected chi connectivity index (χ1v) is 17.1. The van der Waals surface area contributed by atoms with Crippen molar-refractivity contribution < 1.29 is 4.42 Å². The van der Waals surface area contributed by atoms with Crippen LogP contribution in [-0.4, -0.2) is 0 Å². The minimum atomic E-state index is 0.932. The van der Waals surface area contributed by atoms with Crippen LogP contribution < -0.4 is 0 Å². The van der Waals surface area contributed by atoms with Crippen molar-refractivity contribution in [3.63, 3.8) is 0 Å². The first-order chi connectivity index (χ1) is 23.8. The monoisotopic (exact) mass is 628 g/mol. The van der Waals surface area contributed by atoms with Gasteiger partial charge in [0.2, 0.25) is 0 Å². The summed E-state index contributed by atoms with van der Waals surface area (Å²) in [5.41, 5.74) is 8.04. The van der Waals surface area contributed by atoms with Crippen molar-refractivity contribution in [1.82, 2.24) is 0 Å². The number of hydrogen-bond donors (Lipinski definition) is 0. The van der Waals surface area contributed by atoms with Crippen LogP contribution in [0.5, 0.6) is 0 Å². The number of hydrogen-bond acceptors (Lipinski definition) is 2. The van der Waals surface area contributed by atoms with Crippen LogP contribution in [0, 0.1) is 0 Å². The Hall–Kier alpha value is -5.96. The van der Waals surface area contributed by atoms with Crippen molar-refractivity contribution >= 4 is 91.8 Å². The average Bonchev–Trinajstić information content (AvgIpc) is 3.72. The standard InChI is InChI=1S/C46H28OS/c1-2-3-13-28-14-12-15-29(26-28)41-31-16-4-6-18-33(31)42(34-19-7-5-17-32(34)41)30-24-25-38-40(27-30)48-46-36-21-9-8-20-35(36)43-37-22-10-11-23-39(37)47-45(43)44(38)46/h2-27H,1H2/b13-3-. The summed E-state index contributed by atoms with van der Waals surface area (Å²) in [6.45, 7) is 3.85. The molecular weight excluding hydrogens is 601 g/mol. The van der Waals surface area contributed by atoms with Crippen LogP contribution >= 0.6 is 11.3 Å². The molecule has 0 N–H and O–H groups in total. The molecule has 0 radical (unpaired) electrons. The van der Waals surface area contributed by atoms with E-state index in [1.165, 1.54) is 85.5 Å². The lowest BCUT2D eigenvalue weighted by Gasteiger charge is -2.18. The Kier molecular flexibility index (Phi) is 5.96. The Morgan fingerprint density at radius 2 is 1.10 bits per heavy atom. The van der Waals surface area contributed by atoms with Gasteiger partial charge in [0.1, 0.15) is 11.2 Å². The largest absolute Gasteiger partial charge is 0.455 e.